The molecular formula is C48H44S8. The molecule has 0 radical (unpaired) electrons. The minimum atomic E-state index is 1.39. The molecular weight excluding hydrogens is 833 g/mol. The van der Waals surface area contributed by atoms with Gasteiger partial charge in [-0.3, -0.25) is 0 Å². The summed E-state index contributed by atoms with van der Waals surface area (Å²) in [4.78, 5) is 17.0. The van der Waals surface area contributed by atoms with Crippen molar-refractivity contribution in [1.29, 1.82) is 0 Å². The maximum Gasteiger partial charge on any atom is 0.0475 e. The summed E-state index contributed by atoms with van der Waals surface area (Å²) in [6.45, 7) is 27.0. The lowest BCUT2D eigenvalue weighted by Crippen LogP contribution is -1.79. The third-order valence-electron chi connectivity index (χ3n) is 11.0. The summed E-state index contributed by atoms with van der Waals surface area (Å²) in [5.74, 6) is 0. The van der Waals surface area contributed by atoms with Gasteiger partial charge in [0, 0.05) is 77.3 Å². The first kappa shape index (κ1) is 38.6. The van der Waals surface area contributed by atoms with Crippen molar-refractivity contribution in [1.82, 2.24) is 0 Å². The van der Waals surface area contributed by atoms with Crippen molar-refractivity contribution in [2.24, 2.45) is 0 Å². The molecule has 2 aromatic carbocycles. The molecule has 8 aromatic heterocycles. The fraction of sp³-hybridized carbons (Fsp3) is 0.250. The molecule has 8 heteroatoms. The molecule has 8 heterocycles. The minimum absolute atomic E-state index is 1.39. The molecule has 10 rings (SSSR count). The second-order valence-corrected chi connectivity index (χ2v) is 24.6. The molecule has 0 saturated carbocycles. The molecule has 0 bridgehead atoms. The first-order valence-corrected chi connectivity index (χ1v) is 25.4. The Kier molecular flexibility index (Phi) is 9.94. The molecule has 10 aromatic rings. The molecule has 0 amide bonds. The topological polar surface area (TPSA) is 0 Å². The monoisotopic (exact) mass is 876 g/mol. The molecule has 0 unspecified atom stereocenters. The summed E-state index contributed by atoms with van der Waals surface area (Å²) in [6.07, 6.45) is 0. The van der Waals surface area contributed by atoms with Gasteiger partial charge in [0.25, 0.3) is 0 Å². The van der Waals surface area contributed by atoms with Crippen molar-refractivity contribution in [3.63, 3.8) is 0 Å². The normalized spacial score (nSPS) is 11.9. The van der Waals surface area contributed by atoms with Crippen LogP contribution in [0, 0.1) is 83.1 Å². The quantitative estimate of drug-likeness (QED) is 0.165. The highest BCUT2D eigenvalue weighted by molar-refractivity contribution is 7.29. The van der Waals surface area contributed by atoms with E-state index >= 15 is 0 Å². The third-order valence-corrected chi connectivity index (χ3v) is 21.3. The molecule has 0 N–H and O–H groups in total. The zero-order chi connectivity index (χ0) is 39.5. The van der Waals surface area contributed by atoms with E-state index in [0.717, 1.165) is 0 Å². The lowest BCUT2D eigenvalue weighted by Gasteiger charge is -2.03. The molecule has 0 saturated heterocycles. The Morgan fingerprint density at radius 1 is 0.250 bits per heavy atom. The second-order valence-electron chi connectivity index (χ2n) is 15.4. The van der Waals surface area contributed by atoms with Crippen LogP contribution in [-0.4, -0.2) is 0 Å². The first-order chi connectivity index (χ1) is 26.7. The van der Waals surface area contributed by atoms with Crippen LogP contribution in [0.25, 0.3) is 79.4 Å². The van der Waals surface area contributed by atoms with Gasteiger partial charge in [0.15, 0.2) is 0 Å². The SMILES string of the molecule is Cc1cc(C)c(-c2cc3c(C)c4sc(-c5sc(C)cc5C)cc4c(C)c3s2)s1.Cc1cc(C)c(-c2cc3c(C)c4sc(-c5sc(C)cc5C)cc4c(C)c3s2)s1. The predicted molar refractivity (Wildman–Crippen MR) is 265 cm³/mol. The van der Waals surface area contributed by atoms with Gasteiger partial charge in [0.05, 0.1) is 0 Å². The summed E-state index contributed by atoms with van der Waals surface area (Å²) in [6, 6.07) is 18.9. The number of benzene rings is 2. The lowest BCUT2D eigenvalue weighted by molar-refractivity contribution is 1.51. The van der Waals surface area contributed by atoms with E-state index in [4.69, 9.17) is 0 Å². The van der Waals surface area contributed by atoms with Gasteiger partial charge in [0.1, 0.15) is 0 Å². The summed E-state index contributed by atoms with van der Waals surface area (Å²) in [7, 11) is 0. The zero-order valence-corrected chi connectivity index (χ0v) is 40.4. The van der Waals surface area contributed by atoms with Crippen LogP contribution >= 0.6 is 90.7 Å². The van der Waals surface area contributed by atoms with Crippen LogP contribution in [0.2, 0.25) is 0 Å². The Morgan fingerprint density at radius 2 is 0.446 bits per heavy atom. The van der Waals surface area contributed by atoms with Gasteiger partial charge in [0.2, 0.25) is 0 Å². The van der Waals surface area contributed by atoms with Crippen LogP contribution in [0.4, 0.5) is 0 Å². The molecule has 0 atom stereocenters. The number of fused-ring (bicyclic) bond motifs is 4. The van der Waals surface area contributed by atoms with Gasteiger partial charge >= 0.3 is 0 Å². The smallest absolute Gasteiger partial charge is 0.0475 e. The maximum absolute atomic E-state index is 2.43. The summed E-state index contributed by atoms with van der Waals surface area (Å²) < 4.78 is 5.81. The Morgan fingerprint density at radius 3 is 0.607 bits per heavy atom. The van der Waals surface area contributed by atoms with Crippen molar-refractivity contribution in [3.05, 3.63) is 113 Å². The van der Waals surface area contributed by atoms with E-state index in [1.54, 1.807) is 0 Å². The largest absolute Gasteiger partial charge is 0.139 e. The Hall–Kier alpha value is -2.92. The number of hydrogen-bond donors (Lipinski definition) is 0. The third kappa shape index (κ3) is 6.44. The van der Waals surface area contributed by atoms with E-state index in [-0.39, 0.29) is 0 Å². The van der Waals surface area contributed by atoms with Crippen LogP contribution in [0.5, 0.6) is 0 Å². The van der Waals surface area contributed by atoms with E-state index in [2.05, 4.69) is 132 Å². The molecule has 0 aliphatic carbocycles. The van der Waals surface area contributed by atoms with Gasteiger partial charge in [-0.05, 0) is 198 Å². The van der Waals surface area contributed by atoms with Gasteiger partial charge in [-0.1, -0.05) is 0 Å². The first-order valence-electron chi connectivity index (χ1n) is 18.9. The molecule has 0 aliphatic heterocycles. The molecule has 56 heavy (non-hydrogen) atoms. The van der Waals surface area contributed by atoms with E-state index < -0.39 is 0 Å². The Labute approximate surface area is 362 Å². The molecule has 0 spiro atoms. The summed E-state index contributed by atoms with van der Waals surface area (Å²) in [5, 5.41) is 5.73. The second kappa shape index (κ2) is 14.4. The zero-order valence-electron chi connectivity index (χ0n) is 33.9. The van der Waals surface area contributed by atoms with Crippen molar-refractivity contribution in [2.75, 3.05) is 0 Å². The minimum Gasteiger partial charge on any atom is -0.139 e. The number of aryl methyl sites for hydroxylation is 12. The van der Waals surface area contributed by atoms with E-state index in [1.807, 2.05) is 90.7 Å². The van der Waals surface area contributed by atoms with Gasteiger partial charge in [-0.25, -0.2) is 0 Å². The summed E-state index contributed by atoms with van der Waals surface area (Å²) in [5.41, 5.74) is 11.3. The van der Waals surface area contributed by atoms with Crippen LogP contribution in [0.1, 0.15) is 64.0 Å². The average molecular weight is 877 g/mol. The van der Waals surface area contributed by atoms with Crippen LogP contribution in [-0.2, 0) is 0 Å². The van der Waals surface area contributed by atoms with E-state index in [0.29, 0.717) is 0 Å². The Balaban J connectivity index is 0.000000146. The predicted octanol–water partition coefficient (Wildman–Crippen LogP) is 18.8. The fourth-order valence-corrected chi connectivity index (χ4v) is 18.0. The highest BCUT2D eigenvalue weighted by Crippen LogP contribution is 2.50. The number of rotatable bonds is 4. The molecule has 0 aliphatic rings. The average Bonchev–Trinajstić information content (AvgIpc) is 3.99. The van der Waals surface area contributed by atoms with Gasteiger partial charge in [-0.15, -0.1) is 90.7 Å². The van der Waals surface area contributed by atoms with Crippen LogP contribution in [0.15, 0.2) is 48.5 Å². The maximum atomic E-state index is 2.43. The lowest BCUT2D eigenvalue weighted by atomic mass is 10.0. The molecule has 0 nitrogen and oxygen atoms in total. The van der Waals surface area contributed by atoms with Gasteiger partial charge in [-0.2, -0.15) is 0 Å². The van der Waals surface area contributed by atoms with E-state index in [9.17, 15) is 0 Å². The molecule has 284 valence electrons. The van der Waals surface area contributed by atoms with Gasteiger partial charge < -0.3 is 0 Å². The van der Waals surface area contributed by atoms with E-state index in [1.165, 1.54) is 143 Å². The number of thiophene rings is 8. The standard InChI is InChI=1S/2C24H22S4/c2*1-11-7-13(3)25-21(11)19-9-17-15(5)24-18(16(6)23(17)27-19)10-20(28-24)22-12(2)8-14(4)26-22/h2*7-10H,1-6H3. The fourth-order valence-electron chi connectivity index (χ4n) is 8.27. The highest BCUT2D eigenvalue weighted by atomic mass is 32.1. The Bertz CT molecular complexity index is 2630. The number of hydrogen-bond acceptors (Lipinski definition) is 8. The van der Waals surface area contributed by atoms with Crippen LogP contribution < -0.4 is 0 Å². The molecule has 0 fully saturated rings. The van der Waals surface area contributed by atoms with Crippen molar-refractivity contribution in [2.45, 2.75) is 83.1 Å². The highest BCUT2D eigenvalue weighted by Gasteiger charge is 2.21. The van der Waals surface area contributed by atoms with Crippen molar-refractivity contribution >= 4 is 131 Å². The van der Waals surface area contributed by atoms with Crippen molar-refractivity contribution in [3.8, 4) is 39.0 Å². The van der Waals surface area contributed by atoms with Crippen LogP contribution in [0.3, 0.4) is 0 Å². The van der Waals surface area contributed by atoms with Crippen molar-refractivity contribution < 1.29 is 0 Å². The summed E-state index contributed by atoms with van der Waals surface area (Å²) >= 11 is 15.5.